The minimum Gasteiger partial charge on any atom is -0.481 e. The predicted octanol–water partition coefficient (Wildman–Crippen LogP) is 0.246. The number of benzene rings is 1. The van der Waals surface area contributed by atoms with Gasteiger partial charge < -0.3 is 10.8 Å². The van der Waals surface area contributed by atoms with Gasteiger partial charge in [0.15, 0.2) is 0 Å². The maximum Gasteiger partial charge on any atom is 0.303 e. The number of aryl methyl sites for hydroxylation is 1. The van der Waals surface area contributed by atoms with Crippen molar-refractivity contribution in [1.29, 1.82) is 0 Å². The molecule has 0 bridgehead atoms. The summed E-state index contributed by atoms with van der Waals surface area (Å²) in [5.41, 5.74) is 5.91. The highest BCUT2D eigenvalue weighted by molar-refractivity contribution is 7.89. The fraction of sp³-hybridized carbons (Fsp3) is 0.429. The van der Waals surface area contributed by atoms with Crippen LogP contribution in [0.1, 0.15) is 24.8 Å². The van der Waals surface area contributed by atoms with Crippen molar-refractivity contribution < 1.29 is 23.1 Å². The lowest BCUT2D eigenvalue weighted by Gasteiger charge is -2.33. The molecule has 1 amide bonds. The highest BCUT2D eigenvalue weighted by Gasteiger charge is 2.35. The molecule has 4 N–H and O–H groups in total. The lowest BCUT2D eigenvalue weighted by molar-refractivity contribution is -0.137. The van der Waals surface area contributed by atoms with Gasteiger partial charge in [0.05, 0.1) is 4.90 Å². The van der Waals surface area contributed by atoms with E-state index < -0.39 is 21.9 Å². The number of amides is 1. The number of carboxylic acid groups (broad SMARTS) is 1. The lowest BCUT2D eigenvalue weighted by Crippen LogP contribution is -2.48. The molecule has 0 spiro atoms. The fourth-order valence-electron chi connectivity index (χ4n) is 2.32. The number of sulfonamides is 1. The second-order valence-corrected chi connectivity index (χ2v) is 7.14. The van der Waals surface area contributed by atoms with Gasteiger partial charge in [0, 0.05) is 18.4 Å². The van der Waals surface area contributed by atoms with Gasteiger partial charge in [-0.05, 0) is 37.0 Å². The van der Waals surface area contributed by atoms with E-state index in [0.717, 1.165) is 5.56 Å². The topological polar surface area (TPSA) is 127 Å². The van der Waals surface area contributed by atoms with Crippen LogP contribution in [-0.2, 0) is 26.0 Å². The summed E-state index contributed by atoms with van der Waals surface area (Å²) in [5, 5.41) is 8.61. The van der Waals surface area contributed by atoms with E-state index in [1.165, 1.54) is 12.1 Å². The molecule has 1 aliphatic rings. The Balaban J connectivity index is 1.95. The van der Waals surface area contributed by atoms with E-state index in [0.29, 0.717) is 19.3 Å². The Bertz CT molecular complexity index is 663. The third-order valence-corrected chi connectivity index (χ3v) is 5.26. The summed E-state index contributed by atoms with van der Waals surface area (Å²) in [5.74, 6) is -1.56. The van der Waals surface area contributed by atoms with Crippen LogP contribution >= 0.6 is 0 Å². The van der Waals surface area contributed by atoms with E-state index in [1.807, 2.05) is 0 Å². The first-order valence-corrected chi connectivity index (χ1v) is 8.38. The number of carboxylic acids is 1. The SMILES string of the molecule is NC(=O)C1CC(NS(=O)(=O)c2ccc(CCC(=O)O)cc2)C1. The largest absolute Gasteiger partial charge is 0.481 e. The molecule has 0 aliphatic heterocycles. The summed E-state index contributed by atoms with van der Waals surface area (Å²) in [4.78, 5) is 21.5. The van der Waals surface area contributed by atoms with E-state index in [1.54, 1.807) is 12.1 Å². The first kappa shape index (κ1) is 16.4. The molecule has 0 unspecified atom stereocenters. The summed E-state index contributed by atoms with van der Waals surface area (Å²) < 4.78 is 26.9. The Kier molecular flexibility index (Phi) is 4.82. The molecule has 0 atom stereocenters. The van der Waals surface area contributed by atoms with E-state index in [9.17, 15) is 18.0 Å². The smallest absolute Gasteiger partial charge is 0.303 e. The zero-order valence-corrected chi connectivity index (χ0v) is 12.7. The third kappa shape index (κ3) is 4.05. The molecular formula is C14H18N2O5S. The highest BCUT2D eigenvalue weighted by Crippen LogP contribution is 2.28. The van der Waals surface area contributed by atoms with Gasteiger partial charge in [-0.1, -0.05) is 12.1 Å². The van der Waals surface area contributed by atoms with Crippen molar-refractivity contribution in [2.24, 2.45) is 11.7 Å². The summed E-state index contributed by atoms with van der Waals surface area (Å²) >= 11 is 0. The van der Waals surface area contributed by atoms with Crippen molar-refractivity contribution in [2.45, 2.75) is 36.6 Å². The average Bonchev–Trinajstić information content (AvgIpc) is 2.40. The standard InChI is InChI=1S/C14H18N2O5S/c15-14(19)10-7-11(8-10)16-22(20,21)12-4-1-9(2-5-12)3-6-13(17)18/h1-2,4-5,10-11,16H,3,6-8H2,(H2,15,19)(H,17,18). The van der Waals surface area contributed by atoms with Gasteiger partial charge in [-0.25, -0.2) is 13.1 Å². The van der Waals surface area contributed by atoms with Crippen LogP contribution in [0.25, 0.3) is 0 Å². The number of nitrogens with one attached hydrogen (secondary N) is 1. The molecule has 1 fully saturated rings. The van der Waals surface area contributed by atoms with Gasteiger partial charge in [0.1, 0.15) is 0 Å². The second-order valence-electron chi connectivity index (χ2n) is 5.43. The van der Waals surface area contributed by atoms with Crippen LogP contribution in [0.15, 0.2) is 29.2 Å². The quantitative estimate of drug-likeness (QED) is 0.662. The van der Waals surface area contributed by atoms with Crippen LogP contribution in [0.3, 0.4) is 0 Å². The number of nitrogens with two attached hydrogens (primary N) is 1. The van der Waals surface area contributed by atoms with Crippen LogP contribution < -0.4 is 10.5 Å². The Morgan fingerprint density at radius 2 is 1.82 bits per heavy atom. The minimum absolute atomic E-state index is 0.000919. The summed E-state index contributed by atoms with van der Waals surface area (Å²) in [6.07, 6.45) is 1.20. The van der Waals surface area contributed by atoms with Crippen molar-refractivity contribution in [2.75, 3.05) is 0 Å². The van der Waals surface area contributed by atoms with Crippen LogP contribution in [-0.4, -0.2) is 31.4 Å². The number of hydrogen-bond donors (Lipinski definition) is 3. The Labute approximate surface area is 128 Å². The first-order valence-electron chi connectivity index (χ1n) is 6.90. The molecule has 22 heavy (non-hydrogen) atoms. The molecular weight excluding hydrogens is 308 g/mol. The van der Waals surface area contributed by atoms with E-state index in [4.69, 9.17) is 10.8 Å². The summed E-state index contributed by atoms with van der Waals surface area (Å²) in [7, 11) is -3.64. The predicted molar refractivity (Wildman–Crippen MR) is 78.4 cm³/mol. The number of rotatable bonds is 7. The number of aliphatic carboxylic acids is 1. The van der Waals surface area contributed by atoms with E-state index >= 15 is 0 Å². The molecule has 120 valence electrons. The maximum atomic E-state index is 12.2. The Morgan fingerprint density at radius 1 is 1.23 bits per heavy atom. The molecule has 8 heteroatoms. The summed E-state index contributed by atoms with van der Waals surface area (Å²) in [6.45, 7) is 0. The van der Waals surface area contributed by atoms with Gasteiger partial charge in [-0.15, -0.1) is 0 Å². The van der Waals surface area contributed by atoms with E-state index in [-0.39, 0.29) is 23.3 Å². The molecule has 0 radical (unpaired) electrons. The van der Waals surface area contributed by atoms with E-state index in [2.05, 4.69) is 4.72 Å². The van der Waals surface area contributed by atoms with Crippen molar-refractivity contribution in [3.63, 3.8) is 0 Å². The van der Waals surface area contributed by atoms with Crippen molar-refractivity contribution >= 4 is 21.9 Å². The first-order chi connectivity index (χ1) is 10.3. The zero-order valence-electron chi connectivity index (χ0n) is 11.9. The van der Waals surface area contributed by atoms with Crippen molar-refractivity contribution in [1.82, 2.24) is 4.72 Å². The molecule has 1 aromatic carbocycles. The van der Waals surface area contributed by atoms with Crippen LogP contribution in [0, 0.1) is 5.92 Å². The molecule has 1 aliphatic carbocycles. The Morgan fingerprint density at radius 3 is 2.32 bits per heavy atom. The molecule has 7 nitrogen and oxygen atoms in total. The van der Waals surface area contributed by atoms with Gasteiger partial charge in [0.25, 0.3) is 0 Å². The van der Waals surface area contributed by atoms with Gasteiger partial charge in [-0.3, -0.25) is 9.59 Å². The molecule has 0 saturated heterocycles. The summed E-state index contributed by atoms with van der Waals surface area (Å²) in [6, 6.07) is 5.83. The zero-order chi connectivity index (χ0) is 16.3. The molecule has 2 rings (SSSR count). The normalized spacial score (nSPS) is 21.1. The molecule has 0 heterocycles. The lowest BCUT2D eigenvalue weighted by atomic mass is 9.80. The molecule has 1 aromatic rings. The molecule has 1 saturated carbocycles. The number of carbonyl (C=O) groups is 2. The number of primary amides is 1. The van der Waals surface area contributed by atoms with Crippen molar-refractivity contribution in [3.05, 3.63) is 29.8 Å². The second kappa shape index (κ2) is 6.45. The number of carbonyl (C=O) groups excluding carboxylic acids is 1. The highest BCUT2D eigenvalue weighted by atomic mass is 32.2. The molecule has 0 aromatic heterocycles. The van der Waals surface area contributed by atoms with Crippen LogP contribution in [0.2, 0.25) is 0 Å². The van der Waals surface area contributed by atoms with Crippen LogP contribution in [0.4, 0.5) is 0 Å². The minimum atomic E-state index is -3.64. The van der Waals surface area contributed by atoms with Crippen LogP contribution in [0.5, 0.6) is 0 Å². The Hall–Kier alpha value is -1.93. The third-order valence-electron chi connectivity index (χ3n) is 3.72. The van der Waals surface area contributed by atoms with Gasteiger partial charge in [-0.2, -0.15) is 0 Å². The van der Waals surface area contributed by atoms with Crippen molar-refractivity contribution in [3.8, 4) is 0 Å². The maximum absolute atomic E-state index is 12.2. The fourth-order valence-corrected chi connectivity index (χ4v) is 3.58. The van der Waals surface area contributed by atoms with Gasteiger partial charge in [0.2, 0.25) is 15.9 Å². The number of hydrogen-bond acceptors (Lipinski definition) is 4. The average molecular weight is 326 g/mol. The van der Waals surface area contributed by atoms with Gasteiger partial charge >= 0.3 is 5.97 Å². The monoisotopic (exact) mass is 326 g/mol.